The largest absolute Gasteiger partial charge is 0.417 e. The number of piperidine rings is 1. The fourth-order valence-electron chi connectivity index (χ4n) is 3.28. The summed E-state index contributed by atoms with van der Waals surface area (Å²) in [6, 6.07) is 6.44. The van der Waals surface area contributed by atoms with Crippen molar-refractivity contribution in [2.24, 2.45) is 13.0 Å². The fraction of sp³-hybridized carbons (Fsp3) is 0.474. The molecular formula is C19H23F3N4O. The Hall–Kier alpha value is -2.51. The van der Waals surface area contributed by atoms with Crippen molar-refractivity contribution < 1.29 is 18.0 Å². The van der Waals surface area contributed by atoms with Gasteiger partial charge in [0.25, 0.3) is 0 Å². The van der Waals surface area contributed by atoms with Gasteiger partial charge in [0.1, 0.15) is 5.82 Å². The van der Waals surface area contributed by atoms with Crippen LogP contribution in [0.5, 0.6) is 0 Å². The molecule has 1 aliphatic rings. The molecule has 1 N–H and O–H groups in total. The molecule has 146 valence electrons. The van der Waals surface area contributed by atoms with Crippen molar-refractivity contribution >= 4 is 11.7 Å². The number of hydrogen-bond acceptors (Lipinski definition) is 3. The highest BCUT2D eigenvalue weighted by atomic mass is 19.4. The molecule has 0 radical (unpaired) electrons. The number of anilines is 1. The van der Waals surface area contributed by atoms with Crippen LogP contribution in [0.15, 0.2) is 30.5 Å². The summed E-state index contributed by atoms with van der Waals surface area (Å²) in [6.07, 6.45) is -2.22. The minimum atomic E-state index is -4.38. The number of carbonyl (C=O) groups excluding carboxylic acids is 1. The van der Waals surface area contributed by atoms with E-state index in [2.05, 4.69) is 10.3 Å². The van der Waals surface area contributed by atoms with E-state index in [1.807, 2.05) is 35.6 Å². The number of aromatic nitrogens is 2. The number of aryl methyl sites for hydroxylation is 1. The lowest BCUT2D eigenvalue weighted by atomic mass is 9.96. The van der Waals surface area contributed by atoms with Gasteiger partial charge in [-0.15, -0.1) is 0 Å². The molecule has 0 unspecified atom stereocenters. The van der Waals surface area contributed by atoms with Crippen LogP contribution in [0, 0.1) is 12.8 Å². The first-order valence-electron chi connectivity index (χ1n) is 8.93. The van der Waals surface area contributed by atoms with Crippen LogP contribution in [0.2, 0.25) is 0 Å². The van der Waals surface area contributed by atoms with Crippen molar-refractivity contribution in [3.8, 4) is 0 Å². The average molecular weight is 380 g/mol. The van der Waals surface area contributed by atoms with E-state index in [0.717, 1.165) is 23.7 Å². The van der Waals surface area contributed by atoms with Gasteiger partial charge in [-0.25, -0.2) is 4.98 Å². The van der Waals surface area contributed by atoms with Gasteiger partial charge in [0.15, 0.2) is 0 Å². The first kappa shape index (κ1) is 19.3. The number of alkyl halides is 3. The Labute approximate surface area is 156 Å². The molecule has 1 fully saturated rings. The Morgan fingerprint density at radius 1 is 1.22 bits per heavy atom. The van der Waals surface area contributed by atoms with Crippen molar-refractivity contribution in [3.05, 3.63) is 47.4 Å². The van der Waals surface area contributed by atoms with E-state index in [9.17, 15) is 18.0 Å². The fourth-order valence-corrected chi connectivity index (χ4v) is 3.28. The second-order valence-corrected chi connectivity index (χ2v) is 6.91. The van der Waals surface area contributed by atoms with Gasteiger partial charge >= 0.3 is 6.18 Å². The average Bonchev–Trinajstić information content (AvgIpc) is 2.97. The molecule has 3 rings (SSSR count). The van der Waals surface area contributed by atoms with E-state index < -0.39 is 11.7 Å². The van der Waals surface area contributed by atoms with Crippen LogP contribution in [0.1, 0.15) is 29.8 Å². The molecule has 2 aromatic heterocycles. The number of pyridine rings is 1. The summed E-state index contributed by atoms with van der Waals surface area (Å²) in [5.41, 5.74) is 1.43. The summed E-state index contributed by atoms with van der Waals surface area (Å²) in [5.74, 6) is 0.451. The van der Waals surface area contributed by atoms with Crippen molar-refractivity contribution in [1.29, 1.82) is 0 Å². The zero-order valence-corrected chi connectivity index (χ0v) is 15.4. The van der Waals surface area contributed by atoms with Gasteiger partial charge in [-0.1, -0.05) is 0 Å². The van der Waals surface area contributed by atoms with Crippen LogP contribution in [-0.2, 0) is 24.6 Å². The molecule has 27 heavy (non-hydrogen) atoms. The monoisotopic (exact) mass is 380 g/mol. The van der Waals surface area contributed by atoms with Crippen LogP contribution < -0.4 is 10.2 Å². The molecule has 1 saturated heterocycles. The molecule has 2 aromatic rings. The molecule has 0 atom stereocenters. The van der Waals surface area contributed by atoms with Gasteiger partial charge in [-0.05, 0) is 44.0 Å². The standard InChI is InChI=1S/C19H23F3N4O/c1-13-3-5-16(25(13)2)12-24-18(27)14-7-9-26(10-8-14)17-6-4-15(11-23-17)19(20,21)22/h3-6,11,14H,7-10,12H2,1-2H3,(H,24,27). The van der Waals surface area contributed by atoms with Crippen LogP contribution in [0.25, 0.3) is 0 Å². The minimum Gasteiger partial charge on any atom is -0.357 e. The van der Waals surface area contributed by atoms with E-state index in [4.69, 9.17) is 0 Å². The van der Waals surface area contributed by atoms with Crippen molar-refractivity contribution in [3.63, 3.8) is 0 Å². The molecule has 0 bridgehead atoms. The van der Waals surface area contributed by atoms with Gasteiger partial charge in [-0.2, -0.15) is 13.2 Å². The number of nitrogens with one attached hydrogen (secondary N) is 1. The van der Waals surface area contributed by atoms with Crippen LogP contribution in [0.3, 0.4) is 0 Å². The topological polar surface area (TPSA) is 50.2 Å². The zero-order chi connectivity index (χ0) is 19.6. The second-order valence-electron chi connectivity index (χ2n) is 6.91. The maximum atomic E-state index is 12.6. The first-order chi connectivity index (χ1) is 12.8. The number of nitrogens with zero attached hydrogens (tertiary/aromatic N) is 3. The third kappa shape index (κ3) is 4.43. The molecule has 0 aliphatic carbocycles. The summed E-state index contributed by atoms with van der Waals surface area (Å²) in [6.45, 7) is 3.69. The predicted octanol–water partition coefficient (Wildman–Crippen LogP) is 3.28. The lowest BCUT2D eigenvalue weighted by molar-refractivity contribution is -0.137. The zero-order valence-electron chi connectivity index (χ0n) is 15.4. The van der Waals surface area contributed by atoms with Gasteiger partial charge in [0.05, 0.1) is 12.1 Å². The summed E-state index contributed by atoms with van der Waals surface area (Å²) < 4.78 is 39.9. The molecular weight excluding hydrogens is 357 g/mol. The third-order valence-corrected chi connectivity index (χ3v) is 5.19. The van der Waals surface area contributed by atoms with Crippen LogP contribution in [0.4, 0.5) is 19.0 Å². The molecule has 0 saturated carbocycles. The maximum Gasteiger partial charge on any atom is 0.417 e. The third-order valence-electron chi connectivity index (χ3n) is 5.19. The number of amides is 1. The van der Waals surface area contributed by atoms with Gasteiger partial charge < -0.3 is 14.8 Å². The van der Waals surface area contributed by atoms with Gasteiger partial charge in [0, 0.05) is 43.6 Å². The molecule has 5 nitrogen and oxygen atoms in total. The molecule has 0 spiro atoms. The van der Waals surface area contributed by atoms with Crippen molar-refractivity contribution in [2.45, 2.75) is 32.5 Å². The Balaban J connectivity index is 1.51. The van der Waals surface area contributed by atoms with E-state index in [1.165, 1.54) is 6.07 Å². The summed E-state index contributed by atoms with van der Waals surface area (Å²) in [7, 11) is 1.96. The maximum absolute atomic E-state index is 12.6. The first-order valence-corrected chi connectivity index (χ1v) is 8.93. The van der Waals surface area contributed by atoms with E-state index >= 15 is 0 Å². The Morgan fingerprint density at radius 2 is 1.93 bits per heavy atom. The highest BCUT2D eigenvalue weighted by Gasteiger charge is 2.31. The number of halogens is 3. The van der Waals surface area contributed by atoms with Gasteiger partial charge in [0.2, 0.25) is 5.91 Å². The van der Waals surface area contributed by atoms with Crippen LogP contribution in [-0.4, -0.2) is 28.5 Å². The molecule has 8 heteroatoms. The highest BCUT2D eigenvalue weighted by Crippen LogP contribution is 2.30. The number of rotatable bonds is 4. The Kier molecular flexibility index (Phi) is 5.43. The Morgan fingerprint density at radius 3 is 2.44 bits per heavy atom. The second kappa shape index (κ2) is 7.62. The lowest BCUT2D eigenvalue weighted by Gasteiger charge is -2.32. The van der Waals surface area contributed by atoms with Crippen molar-refractivity contribution in [1.82, 2.24) is 14.9 Å². The number of carbonyl (C=O) groups is 1. The minimum absolute atomic E-state index is 0.0221. The normalized spacial score (nSPS) is 15.8. The number of hydrogen-bond donors (Lipinski definition) is 1. The quantitative estimate of drug-likeness (QED) is 0.886. The van der Waals surface area contributed by atoms with Crippen molar-refractivity contribution in [2.75, 3.05) is 18.0 Å². The Bertz CT molecular complexity index is 790. The molecule has 1 amide bonds. The summed E-state index contributed by atoms with van der Waals surface area (Å²) in [4.78, 5) is 18.3. The van der Waals surface area contributed by atoms with Crippen LogP contribution >= 0.6 is 0 Å². The van der Waals surface area contributed by atoms with E-state index in [-0.39, 0.29) is 11.8 Å². The molecule has 1 aliphatic heterocycles. The van der Waals surface area contributed by atoms with E-state index in [0.29, 0.717) is 38.3 Å². The molecule has 3 heterocycles. The lowest BCUT2D eigenvalue weighted by Crippen LogP contribution is -2.40. The SMILES string of the molecule is Cc1ccc(CNC(=O)C2CCN(c3ccc(C(F)(F)F)cn3)CC2)n1C. The van der Waals surface area contributed by atoms with E-state index in [1.54, 1.807) is 0 Å². The summed E-state index contributed by atoms with van der Waals surface area (Å²) >= 11 is 0. The van der Waals surface area contributed by atoms with Gasteiger partial charge in [-0.3, -0.25) is 4.79 Å². The predicted molar refractivity (Wildman–Crippen MR) is 96.2 cm³/mol. The summed E-state index contributed by atoms with van der Waals surface area (Å²) in [5, 5.41) is 2.98. The highest BCUT2D eigenvalue weighted by molar-refractivity contribution is 5.78. The molecule has 0 aromatic carbocycles. The smallest absolute Gasteiger partial charge is 0.357 e.